The van der Waals surface area contributed by atoms with Crippen molar-refractivity contribution >= 4 is 5.97 Å². The molecule has 4 atom stereocenters. The number of aliphatic carboxylic acids is 1. The van der Waals surface area contributed by atoms with Gasteiger partial charge >= 0.3 is 5.97 Å². The number of unbranched alkanes of at least 4 members (excludes halogenated alkanes) is 6. The first kappa shape index (κ1) is 24.1. The van der Waals surface area contributed by atoms with Gasteiger partial charge in [-0.2, -0.15) is 0 Å². The lowest BCUT2D eigenvalue weighted by molar-refractivity contribution is -0.141. The average molecular weight is 359 g/mol. The summed E-state index contributed by atoms with van der Waals surface area (Å²) < 4.78 is 0. The third-order valence-corrected chi connectivity index (χ3v) is 4.71. The number of aliphatic hydroxyl groups excluding tert-OH is 2. The average Bonchev–Trinajstić information content (AvgIpc) is 2.56. The Morgan fingerprint density at radius 1 is 1.04 bits per heavy atom. The molecule has 0 radical (unpaired) electrons. The second kappa shape index (κ2) is 13.3. The molecule has 0 amide bonds. The summed E-state index contributed by atoms with van der Waals surface area (Å²) in [5, 5.41) is 39.4. The quantitative estimate of drug-likeness (QED) is 0.264. The van der Waals surface area contributed by atoms with Crippen LogP contribution < -0.4 is 0 Å². The van der Waals surface area contributed by atoms with Gasteiger partial charge in [0.2, 0.25) is 0 Å². The molecule has 4 N–H and O–H groups in total. The van der Waals surface area contributed by atoms with Crippen molar-refractivity contribution in [1.82, 2.24) is 0 Å². The standard InChI is InChI=1S/C20H38O5/c1-4-5-6-7-8-9-10-14-17(21)18(22)20(3,25)15-12-11-13-16(2)19(23)24/h12,15-18,21-22,25H,4-11,13-14H2,1-3H3,(H,23,24)/b15-12-. The molecule has 0 saturated heterocycles. The molecule has 0 aliphatic carbocycles. The lowest BCUT2D eigenvalue weighted by Gasteiger charge is -2.29. The zero-order valence-electron chi connectivity index (χ0n) is 16.2. The van der Waals surface area contributed by atoms with Crippen LogP contribution in [-0.2, 0) is 4.79 Å². The predicted octanol–water partition coefficient (Wildman–Crippen LogP) is 3.66. The third kappa shape index (κ3) is 11.3. The maximum Gasteiger partial charge on any atom is 0.306 e. The summed E-state index contributed by atoms with van der Waals surface area (Å²) in [7, 11) is 0. The van der Waals surface area contributed by atoms with Crippen molar-refractivity contribution in [3.63, 3.8) is 0 Å². The smallest absolute Gasteiger partial charge is 0.306 e. The number of hydrogen-bond donors (Lipinski definition) is 4. The van der Waals surface area contributed by atoms with Gasteiger partial charge < -0.3 is 20.4 Å². The fourth-order valence-electron chi connectivity index (χ4n) is 2.75. The van der Waals surface area contributed by atoms with Crippen molar-refractivity contribution in [2.45, 2.75) is 103 Å². The van der Waals surface area contributed by atoms with Gasteiger partial charge in [-0.05, 0) is 26.2 Å². The van der Waals surface area contributed by atoms with E-state index in [1.165, 1.54) is 38.7 Å². The SMILES string of the molecule is CCCCCCCCCC(O)C(O)C(C)(O)/C=C\CCC(C)C(=O)O. The van der Waals surface area contributed by atoms with Gasteiger partial charge in [-0.1, -0.05) is 70.9 Å². The molecular weight excluding hydrogens is 320 g/mol. The van der Waals surface area contributed by atoms with Gasteiger partial charge in [-0.25, -0.2) is 0 Å². The van der Waals surface area contributed by atoms with Crippen LogP contribution in [0.1, 0.15) is 85.0 Å². The van der Waals surface area contributed by atoms with Gasteiger partial charge in [0.05, 0.1) is 12.0 Å². The van der Waals surface area contributed by atoms with Crippen LogP contribution in [0.5, 0.6) is 0 Å². The number of carboxylic acid groups (broad SMARTS) is 1. The highest BCUT2D eigenvalue weighted by Gasteiger charge is 2.32. The Kier molecular flexibility index (Phi) is 12.8. The predicted molar refractivity (Wildman–Crippen MR) is 100 cm³/mol. The van der Waals surface area contributed by atoms with Crippen molar-refractivity contribution in [3.05, 3.63) is 12.2 Å². The normalized spacial score (nSPS) is 18.0. The van der Waals surface area contributed by atoms with Gasteiger partial charge in [0.1, 0.15) is 11.7 Å². The highest BCUT2D eigenvalue weighted by Crippen LogP contribution is 2.20. The van der Waals surface area contributed by atoms with Crippen LogP contribution >= 0.6 is 0 Å². The molecule has 5 heteroatoms. The van der Waals surface area contributed by atoms with Crippen LogP contribution in [-0.4, -0.2) is 44.2 Å². The fraction of sp³-hybridized carbons (Fsp3) is 0.850. The maximum atomic E-state index is 10.7. The minimum absolute atomic E-state index is 0.442. The Labute approximate surface area is 152 Å². The van der Waals surface area contributed by atoms with Gasteiger partial charge in [-0.3, -0.25) is 4.79 Å². The highest BCUT2D eigenvalue weighted by molar-refractivity contribution is 5.69. The van der Waals surface area contributed by atoms with Gasteiger partial charge in [-0.15, -0.1) is 0 Å². The zero-order valence-corrected chi connectivity index (χ0v) is 16.2. The van der Waals surface area contributed by atoms with E-state index < -0.39 is 29.7 Å². The molecule has 0 saturated carbocycles. The number of carbonyl (C=O) groups is 1. The van der Waals surface area contributed by atoms with Crippen molar-refractivity contribution in [1.29, 1.82) is 0 Å². The van der Waals surface area contributed by atoms with Crippen LogP contribution in [0, 0.1) is 5.92 Å². The van der Waals surface area contributed by atoms with E-state index in [0.717, 1.165) is 19.3 Å². The maximum absolute atomic E-state index is 10.7. The second-order valence-corrected chi connectivity index (χ2v) is 7.37. The van der Waals surface area contributed by atoms with E-state index in [9.17, 15) is 20.1 Å². The molecule has 0 aromatic rings. The van der Waals surface area contributed by atoms with Gasteiger partial charge in [0, 0.05) is 0 Å². The molecule has 5 nitrogen and oxygen atoms in total. The van der Waals surface area contributed by atoms with E-state index in [-0.39, 0.29) is 0 Å². The number of aliphatic hydroxyl groups is 3. The van der Waals surface area contributed by atoms with E-state index in [4.69, 9.17) is 5.11 Å². The fourth-order valence-corrected chi connectivity index (χ4v) is 2.75. The molecule has 0 rings (SSSR count). The third-order valence-electron chi connectivity index (χ3n) is 4.71. The molecule has 0 aromatic heterocycles. The molecule has 0 fully saturated rings. The molecule has 0 aliphatic rings. The largest absolute Gasteiger partial charge is 0.481 e. The highest BCUT2D eigenvalue weighted by atomic mass is 16.4. The Bertz CT molecular complexity index is 378. The van der Waals surface area contributed by atoms with Crippen molar-refractivity contribution < 1.29 is 25.2 Å². The van der Waals surface area contributed by atoms with Crippen LogP contribution in [0.2, 0.25) is 0 Å². The van der Waals surface area contributed by atoms with E-state index >= 15 is 0 Å². The van der Waals surface area contributed by atoms with E-state index in [1.54, 1.807) is 13.0 Å². The summed E-state index contributed by atoms with van der Waals surface area (Å²) in [5.41, 5.74) is -1.52. The van der Waals surface area contributed by atoms with Crippen molar-refractivity contribution in [3.8, 4) is 0 Å². The second-order valence-electron chi connectivity index (χ2n) is 7.37. The molecule has 0 aromatic carbocycles. The summed E-state index contributed by atoms with van der Waals surface area (Å²) in [6.45, 7) is 5.28. The molecular formula is C20H38O5. The molecule has 0 aliphatic heterocycles. The first-order valence-corrected chi connectivity index (χ1v) is 9.71. The Balaban J connectivity index is 4.09. The van der Waals surface area contributed by atoms with E-state index in [2.05, 4.69) is 6.92 Å². The van der Waals surface area contributed by atoms with Crippen molar-refractivity contribution in [2.75, 3.05) is 0 Å². The van der Waals surface area contributed by atoms with E-state index in [0.29, 0.717) is 19.3 Å². The summed E-state index contributed by atoms with van der Waals surface area (Å²) >= 11 is 0. The van der Waals surface area contributed by atoms with Crippen LogP contribution in [0.25, 0.3) is 0 Å². The summed E-state index contributed by atoms with van der Waals surface area (Å²) in [6, 6.07) is 0. The first-order chi connectivity index (χ1) is 11.7. The van der Waals surface area contributed by atoms with E-state index in [1.807, 2.05) is 0 Å². The van der Waals surface area contributed by atoms with Crippen LogP contribution in [0.3, 0.4) is 0 Å². The first-order valence-electron chi connectivity index (χ1n) is 9.71. The summed E-state index contributed by atoms with van der Waals surface area (Å²) in [6.07, 6.45) is 10.3. The van der Waals surface area contributed by atoms with Gasteiger partial charge in [0.25, 0.3) is 0 Å². The summed E-state index contributed by atoms with van der Waals surface area (Å²) in [5.74, 6) is -1.28. The minimum atomic E-state index is -1.52. The number of rotatable bonds is 15. The Morgan fingerprint density at radius 3 is 2.16 bits per heavy atom. The molecule has 0 heterocycles. The monoisotopic (exact) mass is 358 g/mol. The van der Waals surface area contributed by atoms with Crippen molar-refractivity contribution in [2.24, 2.45) is 5.92 Å². The number of allylic oxidation sites excluding steroid dienone is 1. The number of carboxylic acids is 1. The van der Waals surface area contributed by atoms with Gasteiger partial charge in [0.15, 0.2) is 0 Å². The molecule has 0 bridgehead atoms. The van der Waals surface area contributed by atoms with Crippen LogP contribution in [0.15, 0.2) is 12.2 Å². The Morgan fingerprint density at radius 2 is 1.60 bits per heavy atom. The molecule has 4 unspecified atom stereocenters. The molecule has 25 heavy (non-hydrogen) atoms. The topological polar surface area (TPSA) is 98.0 Å². The summed E-state index contributed by atoms with van der Waals surface area (Å²) in [4.78, 5) is 10.7. The molecule has 0 spiro atoms. The molecule has 148 valence electrons. The van der Waals surface area contributed by atoms with Crippen LogP contribution in [0.4, 0.5) is 0 Å². The number of hydrogen-bond acceptors (Lipinski definition) is 4. The minimum Gasteiger partial charge on any atom is -0.481 e. The Hall–Kier alpha value is -0.910. The zero-order chi connectivity index (χ0) is 19.3. The lowest BCUT2D eigenvalue weighted by Crippen LogP contribution is -2.45. The lowest BCUT2D eigenvalue weighted by atomic mass is 9.91.